The van der Waals surface area contributed by atoms with Crippen molar-refractivity contribution in [2.24, 2.45) is 5.73 Å². The molecule has 2 aliphatic rings. The fourth-order valence-corrected chi connectivity index (χ4v) is 4.59. The Bertz CT molecular complexity index is 744. The van der Waals surface area contributed by atoms with Crippen LogP contribution in [-0.2, 0) is 32.0 Å². The molecule has 2 aliphatic heterocycles. The molecule has 3 rings (SSSR count). The van der Waals surface area contributed by atoms with Crippen molar-refractivity contribution in [3.8, 4) is 0 Å². The van der Waals surface area contributed by atoms with Gasteiger partial charge in [0.25, 0.3) is 0 Å². The number of hydrogen-bond acceptors (Lipinski definition) is 8. The summed E-state index contributed by atoms with van der Waals surface area (Å²) in [6.07, 6.45) is 2.76. The Kier molecular flexibility index (Phi) is 8.70. The van der Waals surface area contributed by atoms with Crippen molar-refractivity contribution < 1.29 is 19.1 Å². The lowest BCUT2D eigenvalue weighted by atomic mass is 10.0. The van der Waals surface area contributed by atoms with Crippen LogP contribution in [0.5, 0.6) is 0 Å². The molecule has 0 unspecified atom stereocenters. The van der Waals surface area contributed by atoms with E-state index in [9.17, 15) is 9.59 Å². The van der Waals surface area contributed by atoms with Gasteiger partial charge < -0.3 is 25.1 Å². The zero-order valence-electron chi connectivity index (χ0n) is 18.5. The van der Waals surface area contributed by atoms with E-state index in [1.54, 1.807) is 0 Å². The van der Waals surface area contributed by atoms with Crippen LogP contribution in [0.3, 0.4) is 0 Å². The summed E-state index contributed by atoms with van der Waals surface area (Å²) in [6, 6.07) is 0. The number of aryl methyl sites for hydroxylation is 1. The number of nitrogens with zero attached hydrogens (tertiary/aromatic N) is 4. The highest BCUT2D eigenvalue weighted by Crippen LogP contribution is 2.22. The lowest BCUT2D eigenvalue weighted by molar-refractivity contribution is -0.119. The summed E-state index contributed by atoms with van der Waals surface area (Å²) in [5, 5.41) is 12.2. The lowest BCUT2D eigenvalue weighted by Crippen LogP contribution is -2.55. The summed E-state index contributed by atoms with van der Waals surface area (Å²) in [4.78, 5) is 26.0. The topological polar surface area (TPSA) is 125 Å². The first-order valence-corrected chi connectivity index (χ1v) is 11.9. The van der Waals surface area contributed by atoms with E-state index in [0.29, 0.717) is 30.5 Å². The van der Waals surface area contributed by atoms with Crippen LogP contribution in [0, 0.1) is 0 Å². The molecule has 2 saturated heterocycles. The highest BCUT2D eigenvalue weighted by atomic mass is 32.2. The Labute approximate surface area is 187 Å². The third-order valence-corrected chi connectivity index (χ3v) is 6.68. The molecule has 10 nitrogen and oxygen atoms in total. The van der Waals surface area contributed by atoms with Crippen LogP contribution in [0.15, 0.2) is 5.16 Å². The number of aromatic nitrogens is 3. The number of primary amides is 1. The van der Waals surface area contributed by atoms with Crippen molar-refractivity contribution >= 4 is 23.6 Å². The minimum Gasteiger partial charge on any atom is -0.379 e. The summed E-state index contributed by atoms with van der Waals surface area (Å²) < 4.78 is 13.1. The van der Waals surface area contributed by atoms with Gasteiger partial charge >= 0.3 is 0 Å². The number of hydrogen-bond donors (Lipinski definition) is 2. The number of nitrogens with two attached hydrogens (primary N) is 1. The molecule has 3 heterocycles. The van der Waals surface area contributed by atoms with E-state index in [-0.39, 0.29) is 35.6 Å². The molecule has 174 valence electrons. The maximum Gasteiger partial charge on any atom is 0.230 e. The van der Waals surface area contributed by atoms with Gasteiger partial charge in [0.2, 0.25) is 11.8 Å². The number of carbonyl (C=O) groups is 2. The fourth-order valence-electron chi connectivity index (χ4n) is 3.80. The molecular formula is C20H34N6O4S. The highest BCUT2D eigenvalue weighted by molar-refractivity contribution is 7.99. The van der Waals surface area contributed by atoms with Gasteiger partial charge in [0.15, 0.2) is 5.16 Å². The second kappa shape index (κ2) is 11.3. The van der Waals surface area contributed by atoms with Gasteiger partial charge in [-0.2, -0.15) is 0 Å². The van der Waals surface area contributed by atoms with E-state index < -0.39 is 0 Å². The lowest BCUT2D eigenvalue weighted by Gasteiger charge is -2.40. The number of nitrogens with one attached hydrogen (secondary N) is 1. The quantitative estimate of drug-likeness (QED) is 0.454. The molecule has 1 atom stereocenters. The van der Waals surface area contributed by atoms with Gasteiger partial charge in [-0.25, -0.2) is 0 Å². The maximum absolute atomic E-state index is 12.5. The van der Waals surface area contributed by atoms with Gasteiger partial charge in [-0.05, 0) is 26.7 Å². The molecule has 0 saturated carbocycles. The third kappa shape index (κ3) is 7.16. The predicted molar refractivity (Wildman–Crippen MR) is 117 cm³/mol. The maximum atomic E-state index is 12.5. The molecule has 1 aromatic heterocycles. The van der Waals surface area contributed by atoms with Crippen LogP contribution < -0.4 is 11.1 Å². The summed E-state index contributed by atoms with van der Waals surface area (Å²) in [7, 11) is 0. The van der Waals surface area contributed by atoms with Crippen molar-refractivity contribution in [2.45, 2.75) is 62.9 Å². The minimum atomic E-state index is -0.372. The number of carbonyl (C=O) groups excluding carboxylic acids is 2. The monoisotopic (exact) mass is 454 g/mol. The Balaban J connectivity index is 1.54. The smallest absolute Gasteiger partial charge is 0.230 e. The molecule has 2 fully saturated rings. The zero-order valence-corrected chi connectivity index (χ0v) is 19.3. The normalized spacial score (nSPS) is 20.1. The van der Waals surface area contributed by atoms with E-state index in [1.165, 1.54) is 11.8 Å². The van der Waals surface area contributed by atoms with Crippen molar-refractivity contribution in [3.63, 3.8) is 0 Å². The standard InChI is InChI=1S/C20H34N6O4S/c1-20(2,25-7-10-29-11-8-25)14-22-18(28)13-31-19-24-23-17(6-5-16(21)27)26(19)12-15-4-3-9-30-15/h15H,3-14H2,1-2H3,(H2,21,27)(H,22,28)/t15-/m0/s1. The van der Waals surface area contributed by atoms with Gasteiger partial charge in [0, 0.05) is 44.6 Å². The molecule has 0 radical (unpaired) electrons. The Morgan fingerprint density at radius 3 is 2.71 bits per heavy atom. The summed E-state index contributed by atoms with van der Waals surface area (Å²) in [6.45, 7) is 9.42. The molecule has 31 heavy (non-hydrogen) atoms. The number of rotatable bonds is 11. The van der Waals surface area contributed by atoms with Crippen LogP contribution in [0.2, 0.25) is 0 Å². The van der Waals surface area contributed by atoms with Crippen LogP contribution in [0.25, 0.3) is 0 Å². The second-order valence-corrected chi connectivity index (χ2v) is 9.53. The number of thioether (sulfide) groups is 1. The summed E-state index contributed by atoms with van der Waals surface area (Å²) >= 11 is 1.35. The first-order valence-electron chi connectivity index (χ1n) is 10.9. The SMILES string of the molecule is CC(C)(CNC(=O)CSc1nnc(CCC(N)=O)n1C[C@@H]1CCCO1)N1CCOCC1. The van der Waals surface area contributed by atoms with Gasteiger partial charge in [-0.15, -0.1) is 10.2 Å². The Morgan fingerprint density at radius 1 is 1.26 bits per heavy atom. The van der Waals surface area contributed by atoms with Gasteiger partial charge in [-0.3, -0.25) is 14.5 Å². The largest absolute Gasteiger partial charge is 0.379 e. The third-order valence-electron chi connectivity index (χ3n) is 5.72. The molecule has 0 spiro atoms. The van der Waals surface area contributed by atoms with Gasteiger partial charge in [0.1, 0.15) is 5.82 Å². The van der Waals surface area contributed by atoms with Crippen molar-refractivity contribution in [2.75, 3.05) is 45.2 Å². The molecule has 0 aliphatic carbocycles. The van der Waals surface area contributed by atoms with E-state index in [1.807, 2.05) is 4.57 Å². The summed E-state index contributed by atoms with van der Waals surface area (Å²) in [5.74, 6) is 0.532. The molecule has 3 N–H and O–H groups in total. The average Bonchev–Trinajstić information content (AvgIpc) is 3.40. The zero-order chi connectivity index (χ0) is 22.3. The Hall–Kier alpha value is -1.69. The van der Waals surface area contributed by atoms with E-state index in [0.717, 1.165) is 45.8 Å². The van der Waals surface area contributed by atoms with Crippen LogP contribution in [0.4, 0.5) is 0 Å². The number of amides is 2. The van der Waals surface area contributed by atoms with Crippen molar-refractivity contribution in [1.29, 1.82) is 0 Å². The van der Waals surface area contributed by atoms with Crippen LogP contribution in [0.1, 0.15) is 38.9 Å². The Morgan fingerprint density at radius 2 is 2.03 bits per heavy atom. The summed E-state index contributed by atoms with van der Waals surface area (Å²) in [5.41, 5.74) is 5.16. The first kappa shape index (κ1) is 24.0. The van der Waals surface area contributed by atoms with Crippen LogP contribution >= 0.6 is 11.8 Å². The van der Waals surface area contributed by atoms with Crippen LogP contribution in [-0.4, -0.2) is 88.3 Å². The number of morpholine rings is 1. The average molecular weight is 455 g/mol. The molecule has 0 aromatic carbocycles. The first-order chi connectivity index (χ1) is 14.8. The predicted octanol–water partition coefficient (Wildman–Crippen LogP) is 0.194. The van der Waals surface area contributed by atoms with Gasteiger partial charge in [0.05, 0.1) is 31.6 Å². The molecule has 2 amide bonds. The van der Waals surface area contributed by atoms with Crippen molar-refractivity contribution in [3.05, 3.63) is 5.82 Å². The molecule has 1 aromatic rings. The molecule has 0 bridgehead atoms. The second-order valence-electron chi connectivity index (χ2n) is 8.59. The number of ether oxygens (including phenoxy) is 2. The minimum absolute atomic E-state index is 0.0447. The van der Waals surface area contributed by atoms with E-state index in [2.05, 4.69) is 34.3 Å². The van der Waals surface area contributed by atoms with E-state index >= 15 is 0 Å². The molecular weight excluding hydrogens is 420 g/mol. The van der Waals surface area contributed by atoms with E-state index in [4.69, 9.17) is 15.2 Å². The van der Waals surface area contributed by atoms with Gasteiger partial charge in [-0.1, -0.05) is 11.8 Å². The molecule has 11 heteroatoms. The highest BCUT2D eigenvalue weighted by Gasteiger charge is 2.28. The fraction of sp³-hybridized carbons (Fsp3) is 0.800. The van der Waals surface area contributed by atoms with Crippen molar-refractivity contribution in [1.82, 2.24) is 25.0 Å².